The van der Waals surface area contributed by atoms with E-state index in [-0.39, 0.29) is 17.6 Å². The lowest BCUT2D eigenvalue weighted by Gasteiger charge is -2.37. The van der Waals surface area contributed by atoms with Gasteiger partial charge in [0, 0.05) is 24.8 Å². The smallest absolute Gasteiger partial charge is 0.272 e. The van der Waals surface area contributed by atoms with Gasteiger partial charge in [-0.15, -0.1) is 0 Å². The summed E-state index contributed by atoms with van der Waals surface area (Å²) in [5, 5.41) is 20.4. The molecular formula is C34H29N5O5. The van der Waals surface area contributed by atoms with Gasteiger partial charge in [0.2, 0.25) is 0 Å². The van der Waals surface area contributed by atoms with E-state index in [0.29, 0.717) is 72.3 Å². The number of hydrogen-bond donors (Lipinski definition) is 3. The number of nitrogens with one attached hydrogen (secondary N) is 2. The summed E-state index contributed by atoms with van der Waals surface area (Å²) < 4.78 is 12.2. The number of H-pyrrole nitrogens is 1. The average Bonchev–Trinajstić information content (AvgIpc) is 3.54. The second-order valence-electron chi connectivity index (χ2n) is 10.7. The number of benzene rings is 3. The van der Waals surface area contributed by atoms with Gasteiger partial charge in [-0.1, -0.05) is 30.3 Å². The van der Waals surface area contributed by atoms with Gasteiger partial charge in [-0.05, 0) is 78.1 Å². The number of phenols is 1. The van der Waals surface area contributed by atoms with Crippen LogP contribution < -0.4 is 14.8 Å². The van der Waals surface area contributed by atoms with Crippen molar-refractivity contribution in [2.75, 3.05) is 19.7 Å². The lowest BCUT2D eigenvalue weighted by molar-refractivity contribution is 0.0688. The Morgan fingerprint density at radius 2 is 1.86 bits per heavy atom. The highest BCUT2D eigenvalue weighted by Gasteiger charge is 2.34. The van der Waals surface area contributed by atoms with Crippen molar-refractivity contribution in [1.29, 1.82) is 0 Å². The molecule has 8 rings (SSSR count). The molecule has 3 N–H and O–H groups in total. The van der Waals surface area contributed by atoms with Crippen LogP contribution in [0.5, 0.6) is 23.0 Å². The lowest BCUT2D eigenvalue weighted by Crippen LogP contribution is -2.40. The third-order valence-electron chi connectivity index (χ3n) is 7.85. The van der Waals surface area contributed by atoms with Gasteiger partial charge in [0.15, 0.2) is 0 Å². The summed E-state index contributed by atoms with van der Waals surface area (Å²) in [6.07, 6.45) is 4.30. The van der Waals surface area contributed by atoms with Crippen molar-refractivity contribution >= 4 is 11.8 Å². The molecule has 0 fully saturated rings. The molecule has 2 amide bonds. The minimum absolute atomic E-state index is 0.0912. The lowest BCUT2D eigenvalue weighted by atomic mass is 9.87. The summed E-state index contributed by atoms with van der Waals surface area (Å²) in [5.41, 5.74) is 4.69. The highest BCUT2D eigenvalue weighted by atomic mass is 16.5. The van der Waals surface area contributed by atoms with Crippen LogP contribution >= 0.6 is 0 Å². The largest absolute Gasteiger partial charge is 0.507 e. The van der Waals surface area contributed by atoms with Crippen LogP contribution in [0.1, 0.15) is 50.0 Å². The maximum absolute atomic E-state index is 14.1. The molecule has 0 spiro atoms. The van der Waals surface area contributed by atoms with Crippen molar-refractivity contribution in [2.24, 2.45) is 0 Å². The van der Waals surface area contributed by atoms with Gasteiger partial charge in [-0.2, -0.15) is 5.10 Å². The van der Waals surface area contributed by atoms with Crippen LogP contribution in [0.4, 0.5) is 0 Å². The van der Waals surface area contributed by atoms with Gasteiger partial charge in [0.05, 0.1) is 30.1 Å². The van der Waals surface area contributed by atoms with Gasteiger partial charge in [0.25, 0.3) is 11.8 Å². The monoisotopic (exact) mass is 587 g/mol. The Kier molecular flexibility index (Phi) is 7.15. The summed E-state index contributed by atoms with van der Waals surface area (Å²) in [6.45, 7) is 1.29. The number of hydrogen-bond acceptors (Lipinski definition) is 7. The van der Waals surface area contributed by atoms with Crippen LogP contribution in [0.2, 0.25) is 0 Å². The number of aromatic nitrogens is 3. The molecule has 5 aromatic rings. The Morgan fingerprint density at radius 3 is 2.77 bits per heavy atom. The summed E-state index contributed by atoms with van der Waals surface area (Å²) in [7, 11) is 0. The van der Waals surface area contributed by atoms with Crippen LogP contribution in [0, 0.1) is 0 Å². The Morgan fingerprint density at radius 1 is 0.955 bits per heavy atom. The van der Waals surface area contributed by atoms with Gasteiger partial charge < -0.3 is 24.8 Å². The van der Waals surface area contributed by atoms with E-state index in [9.17, 15) is 14.7 Å². The van der Waals surface area contributed by atoms with E-state index >= 15 is 0 Å². The molecule has 0 radical (unpaired) electrons. The molecule has 5 heterocycles. The Hall–Kier alpha value is -5.64. The van der Waals surface area contributed by atoms with E-state index in [1.54, 1.807) is 36.5 Å². The number of rotatable bonds is 2. The van der Waals surface area contributed by atoms with E-state index in [4.69, 9.17) is 9.47 Å². The van der Waals surface area contributed by atoms with Gasteiger partial charge in [-0.25, -0.2) is 0 Å². The molecule has 3 aliphatic heterocycles. The highest BCUT2D eigenvalue weighted by molar-refractivity contribution is 5.95. The maximum atomic E-state index is 14.1. The SMILES string of the molecule is O=C1NCCCOc2cccc(c2)C2c3ccc(cc3CCN2C(=O)c2cc(-c3ccccc3O)n[nH]2)Oc2cncc1c2. The molecule has 3 aromatic carbocycles. The Bertz CT molecular complexity index is 1870. The van der Waals surface area contributed by atoms with Crippen LogP contribution in [-0.2, 0) is 6.42 Å². The van der Waals surface area contributed by atoms with E-state index in [0.717, 1.165) is 16.7 Å². The zero-order valence-corrected chi connectivity index (χ0v) is 23.7. The molecule has 1 atom stereocenters. The number of pyridine rings is 1. The first kappa shape index (κ1) is 27.2. The number of carbonyl (C=O) groups is 2. The molecule has 220 valence electrons. The van der Waals surface area contributed by atoms with E-state index in [1.807, 2.05) is 53.4 Å². The van der Waals surface area contributed by atoms with E-state index in [1.165, 1.54) is 6.20 Å². The van der Waals surface area contributed by atoms with E-state index < -0.39 is 6.04 Å². The fourth-order valence-electron chi connectivity index (χ4n) is 5.73. The second-order valence-corrected chi connectivity index (χ2v) is 10.7. The van der Waals surface area contributed by atoms with Crippen molar-refractivity contribution in [3.8, 4) is 34.3 Å². The predicted molar refractivity (Wildman–Crippen MR) is 162 cm³/mol. The molecule has 8 bridgehead atoms. The third-order valence-corrected chi connectivity index (χ3v) is 7.85. The molecule has 1 unspecified atom stereocenters. The minimum Gasteiger partial charge on any atom is -0.507 e. The van der Waals surface area contributed by atoms with Crippen LogP contribution in [0.15, 0.2) is 91.3 Å². The number of phenolic OH excluding ortho intramolecular Hbond substituents is 1. The number of carbonyl (C=O) groups excluding carboxylic acids is 2. The molecular weight excluding hydrogens is 558 g/mol. The number of ether oxygens (including phenoxy) is 2. The fourth-order valence-corrected chi connectivity index (χ4v) is 5.73. The van der Waals surface area contributed by atoms with E-state index in [2.05, 4.69) is 20.5 Å². The summed E-state index contributed by atoms with van der Waals surface area (Å²) in [6, 6.07) is 23.4. The maximum Gasteiger partial charge on any atom is 0.272 e. The van der Waals surface area contributed by atoms with Gasteiger partial charge in [-0.3, -0.25) is 19.7 Å². The number of aromatic amines is 1. The molecule has 2 aromatic heterocycles. The number of fused-ring (bicyclic) bond motifs is 6. The third kappa shape index (κ3) is 5.33. The van der Waals surface area contributed by atoms with Crippen LogP contribution in [-0.4, -0.2) is 56.7 Å². The molecule has 10 heteroatoms. The zero-order valence-electron chi connectivity index (χ0n) is 23.7. The van der Waals surface area contributed by atoms with Gasteiger partial charge in [0.1, 0.15) is 28.7 Å². The number of aromatic hydroxyl groups is 1. The second kappa shape index (κ2) is 11.6. The first-order valence-corrected chi connectivity index (χ1v) is 14.4. The standard InChI is InChI=1S/C34H29N5O5/c40-31-8-2-1-7-28(31)29-18-30(38-37-29)34(42)39-13-11-21-15-25-9-10-27(21)32(39)22-5-3-6-24(16-22)43-14-4-12-36-33(41)23-17-26(44-25)20-35-19-23/h1-3,5-10,15-20,32,40H,4,11-14H2,(H,36,41)(H,37,38). The molecule has 0 saturated heterocycles. The summed E-state index contributed by atoms with van der Waals surface area (Å²) in [5.74, 6) is 1.40. The van der Waals surface area contributed by atoms with Crippen molar-refractivity contribution < 1.29 is 24.2 Å². The number of amides is 2. The number of nitrogens with zero attached hydrogens (tertiary/aromatic N) is 3. The molecule has 0 aliphatic carbocycles. The molecule has 44 heavy (non-hydrogen) atoms. The molecule has 3 aliphatic rings. The Balaban J connectivity index is 1.27. The Labute approximate surface area is 253 Å². The summed E-state index contributed by atoms with van der Waals surface area (Å²) >= 11 is 0. The predicted octanol–water partition coefficient (Wildman–Crippen LogP) is 5.27. The highest BCUT2D eigenvalue weighted by Crippen LogP contribution is 2.39. The topological polar surface area (TPSA) is 130 Å². The minimum atomic E-state index is -0.399. The fraction of sp³-hybridized carbons (Fsp3) is 0.176. The van der Waals surface area contributed by atoms with Crippen molar-refractivity contribution in [3.63, 3.8) is 0 Å². The summed E-state index contributed by atoms with van der Waals surface area (Å²) in [4.78, 5) is 32.8. The molecule has 0 saturated carbocycles. The number of para-hydroxylation sites is 1. The van der Waals surface area contributed by atoms with Gasteiger partial charge >= 0.3 is 0 Å². The van der Waals surface area contributed by atoms with Crippen molar-refractivity contribution in [3.05, 3.63) is 119 Å². The average molecular weight is 588 g/mol. The van der Waals surface area contributed by atoms with Crippen LogP contribution in [0.3, 0.4) is 0 Å². The van der Waals surface area contributed by atoms with Crippen molar-refractivity contribution in [2.45, 2.75) is 18.9 Å². The first-order valence-electron chi connectivity index (χ1n) is 14.4. The van der Waals surface area contributed by atoms with Crippen LogP contribution in [0.25, 0.3) is 11.3 Å². The quantitative estimate of drug-likeness (QED) is 0.257. The van der Waals surface area contributed by atoms with Crippen molar-refractivity contribution in [1.82, 2.24) is 25.4 Å². The normalized spacial score (nSPS) is 16.2. The zero-order chi connectivity index (χ0) is 30.0. The molecule has 10 nitrogen and oxygen atoms in total. The first-order chi connectivity index (χ1) is 21.5.